The number of carbonyl (C=O) groups is 3. The van der Waals surface area contributed by atoms with Gasteiger partial charge in [-0.3, -0.25) is 29.3 Å². The summed E-state index contributed by atoms with van der Waals surface area (Å²) in [5.41, 5.74) is 3.49. The first-order chi connectivity index (χ1) is 29.9. The largest absolute Gasteiger partial charge is 0.372 e. The second-order valence-electron chi connectivity index (χ2n) is 16.6. The Labute approximate surface area is 357 Å². The highest BCUT2D eigenvalue weighted by Gasteiger charge is 2.34. The molecule has 0 radical (unpaired) electrons. The summed E-state index contributed by atoms with van der Waals surface area (Å²) in [6.45, 7) is 6.34. The number of piperazine rings is 1. The molecule has 2 atom stereocenters. The fourth-order valence-electron chi connectivity index (χ4n) is 9.15. The molecule has 4 aliphatic rings. The van der Waals surface area contributed by atoms with Crippen molar-refractivity contribution in [3.05, 3.63) is 107 Å². The molecule has 2 aromatic heterocycles. The highest BCUT2D eigenvalue weighted by molar-refractivity contribution is 7.90. The standard InChI is InChI=1S/C45H47F3N8O5S/c46-32-15-18-56(27-32)62(60,61)52-39-11-10-38(47)41(42(39)48)43(58)37-25-50-44-36(37)23-31(24-49-44)29-1-5-33(6-2-29)54-16-13-28(14-17-54)26-53-19-21-55(22-20-53)34-7-3-30(4-8-34)35-9-12-40(57)51-45(35)59/h1-8,10-11,23-25,28,32,35,52H,9,12-22,26-27H2,(H,49,50)(H,51,57,59). The predicted octanol–water partition coefficient (Wildman–Crippen LogP) is 6.00. The lowest BCUT2D eigenvalue weighted by molar-refractivity contribution is -0.134. The molecule has 4 fully saturated rings. The molecule has 0 saturated carbocycles. The summed E-state index contributed by atoms with van der Waals surface area (Å²) in [5, 5.41) is 2.79. The third kappa shape index (κ3) is 8.52. The van der Waals surface area contributed by atoms with Crippen molar-refractivity contribution in [1.82, 2.24) is 24.5 Å². The van der Waals surface area contributed by atoms with Crippen LogP contribution in [0.3, 0.4) is 0 Å². The molecule has 4 saturated heterocycles. The zero-order valence-electron chi connectivity index (χ0n) is 34.0. The third-order valence-corrected chi connectivity index (χ3v) is 14.2. The molecule has 324 valence electrons. The van der Waals surface area contributed by atoms with Gasteiger partial charge in [-0.2, -0.15) is 12.7 Å². The Morgan fingerprint density at radius 3 is 2.19 bits per heavy atom. The van der Waals surface area contributed by atoms with Gasteiger partial charge in [0.05, 0.1) is 17.2 Å². The van der Waals surface area contributed by atoms with Crippen molar-refractivity contribution < 1.29 is 36.0 Å². The number of ketones is 1. The normalized spacial score (nSPS) is 20.8. The van der Waals surface area contributed by atoms with Gasteiger partial charge in [-0.05, 0) is 85.2 Å². The van der Waals surface area contributed by atoms with Crippen molar-refractivity contribution in [2.24, 2.45) is 5.92 Å². The molecular weight excluding hydrogens is 822 g/mol. The number of amides is 2. The van der Waals surface area contributed by atoms with E-state index in [0.29, 0.717) is 35.4 Å². The van der Waals surface area contributed by atoms with Crippen molar-refractivity contribution in [2.45, 2.75) is 44.2 Å². The maximum atomic E-state index is 15.7. The van der Waals surface area contributed by atoms with Crippen molar-refractivity contribution in [1.29, 1.82) is 0 Å². The molecule has 9 rings (SSSR count). The SMILES string of the molecule is O=C1CCC(c2ccc(N3CCN(CC4CCN(c5ccc(-c6cnc7[nH]cc(C(=O)c8c(F)ccc(NS(=O)(=O)N9CCC(F)C9)c8F)c7c6)cc5)CC4)CC3)cc2)C(=O)N1. The number of hydrogen-bond donors (Lipinski definition) is 3. The molecule has 3 aromatic carbocycles. The van der Waals surface area contributed by atoms with E-state index < -0.39 is 45.0 Å². The number of fused-ring (bicyclic) bond motifs is 1. The Hall–Kier alpha value is -5.78. The van der Waals surface area contributed by atoms with Crippen molar-refractivity contribution >= 4 is 55.9 Å². The Morgan fingerprint density at radius 1 is 0.823 bits per heavy atom. The van der Waals surface area contributed by atoms with Crippen LogP contribution in [0.5, 0.6) is 0 Å². The van der Waals surface area contributed by atoms with Crippen molar-refractivity contribution in [3.63, 3.8) is 0 Å². The van der Waals surface area contributed by atoms with E-state index in [1.54, 1.807) is 12.3 Å². The first-order valence-electron chi connectivity index (χ1n) is 21.1. The topological polar surface area (TPSA) is 151 Å². The molecule has 0 aliphatic carbocycles. The number of benzene rings is 3. The van der Waals surface area contributed by atoms with Crippen LogP contribution in [0.15, 0.2) is 79.1 Å². The number of pyridine rings is 1. The predicted molar refractivity (Wildman–Crippen MR) is 230 cm³/mol. The second-order valence-corrected chi connectivity index (χ2v) is 18.3. The Balaban J connectivity index is 0.790. The van der Waals surface area contributed by atoms with Crippen LogP contribution in [0.25, 0.3) is 22.2 Å². The van der Waals surface area contributed by atoms with Gasteiger partial charge in [0.1, 0.15) is 17.6 Å². The summed E-state index contributed by atoms with van der Waals surface area (Å²) < 4.78 is 73.0. The number of hydrogen-bond acceptors (Lipinski definition) is 9. The highest BCUT2D eigenvalue weighted by Crippen LogP contribution is 2.33. The first-order valence-corrected chi connectivity index (χ1v) is 22.5. The van der Waals surface area contributed by atoms with Gasteiger partial charge in [0, 0.05) is 106 Å². The maximum absolute atomic E-state index is 15.7. The summed E-state index contributed by atoms with van der Waals surface area (Å²) in [5.74, 6) is -3.61. The second kappa shape index (κ2) is 17.2. The van der Waals surface area contributed by atoms with Crippen LogP contribution in [0.4, 0.5) is 30.2 Å². The van der Waals surface area contributed by atoms with Crippen LogP contribution >= 0.6 is 0 Å². The fraction of sp³-hybridized carbons (Fsp3) is 0.378. The fourth-order valence-corrected chi connectivity index (χ4v) is 10.4. The molecule has 0 spiro atoms. The minimum atomic E-state index is -4.35. The van der Waals surface area contributed by atoms with Gasteiger partial charge in [0.2, 0.25) is 17.6 Å². The van der Waals surface area contributed by atoms with Gasteiger partial charge < -0.3 is 14.8 Å². The molecule has 6 heterocycles. The monoisotopic (exact) mass is 868 g/mol. The van der Waals surface area contributed by atoms with Gasteiger partial charge >= 0.3 is 10.2 Å². The summed E-state index contributed by atoms with van der Waals surface area (Å²) in [4.78, 5) is 52.3. The molecular formula is C45H47F3N8O5S. The number of halogens is 3. The lowest BCUT2D eigenvalue weighted by atomic mass is 9.90. The zero-order chi connectivity index (χ0) is 43.1. The van der Waals surface area contributed by atoms with E-state index in [1.165, 1.54) is 6.20 Å². The highest BCUT2D eigenvalue weighted by atomic mass is 32.2. The average molecular weight is 869 g/mol. The molecule has 17 heteroatoms. The maximum Gasteiger partial charge on any atom is 0.301 e. The zero-order valence-corrected chi connectivity index (χ0v) is 34.8. The smallest absolute Gasteiger partial charge is 0.301 e. The van der Waals surface area contributed by atoms with Crippen LogP contribution in [0, 0.1) is 17.6 Å². The number of aromatic nitrogens is 2. The minimum absolute atomic E-state index is 0.00876. The number of piperidine rings is 2. The molecule has 2 amide bonds. The number of H-pyrrole nitrogens is 1. The van der Waals surface area contributed by atoms with E-state index in [2.05, 4.69) is 54.2 Å². The number of alkyl halides is 1. The Morgan fingerprint density at radius 2 is 1.52 bits per heavy atom. The molecule has 0 bridgehead atoms. The van der Waals surface area contributed by atoms with E-state index in [9.17, 15) is 27.2 Å². The third-order valence-electron chi connectivity index (χ3n) is 12.7. The van der Waals surface area contributed by atoms with E-state index in [1.807, 2.05) is 29.0 Å². The minimum Gasteiger partial charge on any atom is -0.372 e. The van der Waals surface area contributed by atoms with Gasteiger partial charge in [-0.25, -0.2) is 18.2 Å². The Kier molecular flexibility index (Phi) is 11.5. The average Bonchev–Trinajstić information content (AvgIpc) is 3.92. The number of anilines is 3. The summed E-state index contributed by atoms with van der Waals surface area (Å²) in [7, 11) is -4.35. The van der Waals surface area contributed by atoms with E-state index >= 15 is 8.78 Å². The van der Waals surface area contributed by atoms with Crippen LogP contribution in [-0.2, 0) is 19.8 Å². The number of rotatable bonds is 11. The molecule has 5 aromatic rings. The molecule has 4 aliphatic heterocycles. The van der Waals surface area contributed by atoms with E-state index in [-0.39, 0.29) is 42.8 Å². The lowest BCUT2D eigenvalue weighted by Gasteiger charge is -2.40. The van der Waals surface area contributed by atoms with E-state index in [4.69, 9.17) is 0 Å². The van der Waals surface area contributed by atoms with Gasteiger partial charge in [-0.1, -0.05) is 24.3 Å². The number of carbonyl (C=O) groups excluding carboxylic acids is 3. The van der Waals surface area contributed by atoms with Crippen LogP contribution in [0.1, 0.15) is 59.5 Å². The van der Waals surface area contributed by atoms with Gasteiger partial charge in [-0.15, -0.1) is 0 Å². The summed E-state index contributed by atoms with van der Waals surface area (Å²) in [6, 6.07) is 19.7. The van der Waals surface area contributed by atoms with Crippen molar-refractivity contribution in [3.8, 4) is 11.1 Å². The lowest BCUT2D eigenvalue weighted by Crippen LogP contribution is -2.49. The molecule has 3 N–H and O–H groups in total. The van der Waals surface area contributed by atoms with Gasteiger partial charge in [0.25, 0.3) is 0 Å². The molecule has 62 heavy (non-hydrogen) atoms. The van der Waals surface area contributed by atoms with Crippen molar-refractivity contribution in [2.75, 3.05) is 73.4 Å². The summed E-state index contributed by atoms with van der Waals surface area (Å²) >= 11 is 0. The molecule has 2 unspecified atom stereocenters. The first kappa shape index (κ1) is 41.6. The number of nitrogens with zero attached hydrogens (tertiary/aromatic N) is 5. The number of nitrogens with one attached hydrogen (secondary N) is 3. The van der Waals surface area contributed by atoms with Crippen LogP contribution in [0.2, 0.25) is 0 Å². The molecule has 13 nitrogen and oxygen atoms in total. The van der Waals surface area contributed by atoms with Gasteiger partial charge in [0.15, 0.2) is 5.82 Å². The van der Waals surface area contributed by atoms with Crippen LogP contribution in [-0.4, -0.2) is 110 Å². The number of imide groups is 1. The number of aromatic amines is 1. The summed E-state index contributed by atoms with van der Waals surface area (Å²) in [6.07, 6.45) is 4.74. The Bertz CT molecular complexity index is 2610. The van der Waals surface area contributed by atoms with Crippen LogP contribution < -0.4 is 19.8 Å². The van der Waals surface area contributed by atoms with E-state index in [0.717, 1.165) is 97.6 Å². The quantitative estimate of drug-likeness (QED) is 0.107.